The molecule has 0 atom stereocenters. The van der Waals surface area contributed by atoms with E-state index in [0.29, 0.717) is 6.61 Å². The van der Waals surface area contributed by atoms with Crippen LogP contribution in [0.25, 0.3) is 0 Å². The third-order valence-corrected chi connectivity index (χ3v) is 4.55. The normalized spacial score (nSPS) is 10.2. The molecule has 1 N–H and O–H groups in total. The van der Waals surface area contributed by atoms with Crippen LogP contribution >= 0.6 is 24.0 Å². The van der Waals surface area contributed by atoms with Crippen molar-refractivity contribution in [2.45, 2.75) is 19.6 Å². The van der Waals surface area contributed by atoms with E-state index >= 15 is 0 Å². The van der Waals surface area contributed by atoms with Crippen molar-refractivity contribution in [1.29, 1.82) is 0 Å². The van der Waals surface area contributed by atoms with E-state index in [9.17, 15) is 0 Å². The first kappa shape index (κ1) is 22.1. The van der Waals surface area contributed by atoms with Crippen LogP contribution in [0.2, 0.25) is 5.02 Å². The maximum Gasteiger partial charge on any atom is 0.120 e. The van der Waals surface area contributed by atoms with Crippen LogP contribution in [0.15, 0.2) is 72.8 Å². The Bertz CT molecular complexity index is 836. The second-order valence-electron chi connectivity index (χ2n) is 6.34. The molecular formula is C23H25Cl2NO2. The lowest BCUT2D eigenvalue weighted by Gasteiger charge is -2.09. The maximum absolute atomic E-state index is 5.91. The lowest BCUT2D eigenvalue weighted by atomic mass is 10.1. The predicted molar refractivity (Wildman–Crippen MR) is 118 cm³/mol. The summed E-state index contributed by atoms with van der Waals surface area (Å²) in [6, 6.07) is 24.1. The van der Waals surface area contributed by atoms with Gasteiger partial charge in [0.25, 0.3) is 0 Å². The van der Waals surface area contributed by atoms with Crippen molar-refractivity contribution >= 4 is 24.0 Å². The molecule has 0 bridgehead atoms. The van der Waals surface area contributed by atoms with Crippen LogP contribution < -0.4 is 14.8 Å². The minimum atomic E-state index is 0. The Hall–Kier alpha value is -2.20. The van der Waals surface area contributed by atoms with E-state index in [1.54, 1.807) is 7.11 Å². The number of rotatable bonds is 9. The number of nitrogens with one attached hydrogen (secondary N) is 1. The Kier molecular flexibility index (Phi) is 9.15. The summed E-state index contributed by atoms with van der Waals surface area (Å²) in [6.07, 6.45) is 0.983. The molecule has 3 aromatic rings. The molecule has 148 valence electrons. The van der Waals surface area contributed by atoms with Gasteiger partial charge >= 0.3 is 0 Å². The van der Waals surface area contributed by atoms with Gasteiger partial charge in [0.1, 0.15) is 18.1 Å². The molecule has 28 heavy (non-hydrogen) atoms. The molecule has 0 aliphatic carbocycles. The molecule has 3 aromatic carbocycles. The number of benzene rings is 3. The summed E-state index contributed by atoms with van der Waals surface area (Å²) in [4.78, 5) is 0. The molecule has 0 heterocycles. The van der Waals surface area contributed by atoms with Crippen LogP contribution in [-0.4, -0.2) is 13.7 Å². The van der Waals surface area contributed by atoms with E-state index in [-0.39, 0.29) is 12.4 Å². The van der Waals surface area contributed by atoms with E-state index < -0.39 is 0 Å². The summed E-state index contributed by atoms with van der Waals surface area (Å²) >= 11 is 5.91. The van der Waals surface area contributed by atoms with Crippen molar-refractivity contribution in [3.63, 3.8) is 0 Å². The lowest BCUT2D eigenvalue weighted by Crippen LogP contribution is -2.16. The van der Waals surface area contributed by atoms with Crippen LogP contribution in [0.4, 0.5) is 0 Å². The maximum atomic E-state index is 5.91. The predicted octanol–water partition coefficient (Wildman–Crippen LogP) is 5.68. The molecule has 3 nitrogen and oxygen atoms in total. The quantitative estimate of drug-likeness (QED) is 0.454. The summed E-state index contributed by atoms with van der Waals surface area (Å²) in [7, 11) is 1.68. The zero-order valence-electron chi connectivity index (χ0n) is 15.9. The van der Waals surface area contributed by atoms with E-state index in [1.807, 2.05) is 48.5 Å². The third-order valence-electron chi connectivity index (χ3n) is 4.30. The number of hydrogen-bond donors (Lipinski definition) is 1. The molecule has 0 saturated heterocycles. The van der Waals surface area contributed by atoms with Gasteiger partial charge in [-0.15, -0.1) is 12.4 Å². The zero-order chi connectivity index (χ0) is 18.9. The Balaban J connectivity index is 0.00000280. The highest BCUT2D eigenvalue weighted by molar-refractivity contribution is 6.30. The minimum absolute atomic E-state index is 0. The number of methoxy groups -OCH3 is 1. The van der Waals surface area contributed by atoms with Crippen molar-refractivity contribution in [2.24, 2.45) is 0 Å². The van der Waals surface area contributed by atoms with Gasteiger partial charge in [0.05, 0.1) is 7.11 Å². The van der Waals surface area contributed by atoms with Gasteiger partial charge in [0.2, 0.25) is 0 Å². The molecular weight excluding hydrogens is 393 g/mol. The van der Waals surface area contributed by atoms with Crippen molar-refractivity contribution in [2.75, 3.05) is 13.7 Å². The van der Waals surface area contributed by atoms with E-state index in [4.69, 9.17) is 21.1 Å². The van der Waals surface area contributed by atoms with Crippen molar-refractivity contribution < 1.29 is 9.47 Å². The number of halogens is 2. The molecule has 0 aliphatic rings. The number of ether oxygens (including phenoxy) is 2. The van der Waals surface area contributed by atoms with Crippen LogP contribution in [-0.2, 0) is 19.6 Å². The first-order valence-corrected chi connectivity index (χ1v) is 9.40. The molecule has 0 amide bonds. The van der Waals surface area contributed by atoms with Crippen LogP contribution in [0.1, 0.15) is 16.7 Å². The second kappa shape index (κ2) is 11.6. The van der Waals surface area contributed by atoms with Gasteiger partial charge in [0, 0.05) is 11.6 Å². The summed E-state index contributed by atoms with van der Waals surface area (Å²) < 4.78 is 11.1. The first-order valence-electron chi connectivity index (χ1n) is 9.03. The highest BCUT2D eigenvalue weighted by Crippen LogP contribution is 2.17. The van der Waals surface area contributed by atoms with Gasteiger partial charge in [-0.2, -0.15) is 0 Å². The largest absolute Gasteiger partial charge is 0.497 e. The van der Waals surface area contributed by atoms with Crippen molar-refractivity contribution in [3.8, 4) is 11.5 Å². The SMILES string of the molecule is COc1ccc(CCNCc2cccc(OCc3ccc(Cl)cc3)c2)cc1.Cl. The van der Waals surface area contributed by atoms with Crippen LogP contribution in [0, 0.1) is 0 Å². The molecule has 0 saturated carbocycles. The highest BCUT2D eigenvalue weighted by atomic mass is 35.5. The van der Waals surface area contributed by atoms with Crippen molar-refractivity contribution in [1.82, 2.24) is 5.32 Å². The topological polar surface area (TPSA) is 30.5 Å². The lowest BCUT2D eigenvalue weighted by molar-refractivity contribution is 0.306. The van der Waals surface area contributed by atoms with E-state index in [0.717, 1.165) is 41.6 Å². The molecule has 0 aromatic heterocycles. The Morgan fingerprint density at radius 3 is 2.25 bits per heavy atom. The average Bonchev–Trinajstić information content (AvgIpc) is 2.71. The van der Waals surface area contributed by atoms with Gasteiger partial charge in [-0.25, -0.2) is 0 Å². The third kappa shape index (κ3) is 7.08. The van der Waals surface area contributed by atoms with Crippen LogP contribution in [0.5, 0.6) is 11.5 Å². The minimum Gasteiger partial charge on any atom is -0.497 e. The van der Waals surface area contributed by atoms with Gasteiger partial charge in [-0.1, -0.05) is 48.0 Å². The van der Waals surface area contributed by atoms with Gasteiger partial charge < -0.3 is 14.8 Å². The molecule has 0 fully saturated rings. The van der Waals surface area contributed by atoms with E-state index in [2.05, 4.69) is 29.6 Å². The van der Waals surface area contributed by atoms with E-state index in [1.165, 1.54) is 11.1 Å². The first-order chi connectivity index (χ1) is 13.2. The Morgan fingerprint density at radius 1 is 0.821 bits per heavy atom. The highest BCUT2D eigenvalue weighted by Gasteiger charge is 2.00. The monoisotopic (exact) mass is 417 g/mol. The Labute approximate surface area is 178 Å². The van der Waals surface area contributed by atoms with Crippen molar-refractivity contribution in [3.05, 3.63) is 94.5 Å². The van der Waals surface area contributed by atoms with Gasteiger partial charge in [-0.3, -0.25) is 0 Å². The summed E-state index contributed by atoms with van der Waals surface area (Å²) in [5, 5.41) is 4.22. The smallest absolute Gasteiger partial charge is 0.120 e. The van der Waals surface area contributed by atoms with Crippen LogP contribution in [0.3, 0.4) is 0 Å². The fourth-order valence-corrected chi connectivity index (χ4v) is 2.88. The zero-order valence-corrected chi connectivity index (χ0v) is 17.4. The summed E-state index contributed by atoms with van der Waals surface area (Å²) in [5.74, 6) is 1.77. The molecule has 3 rings (SSSR count). The average molecular weight is 418 g/mol. The molecule has 0 spiro atoms. The second-order valence-corrected chi connectivity index (χ2v) is 6.77. The Morgan fingerprint density at radius 2 is 1.54 bits per heavy atom. The molecule has 0 unspecified atom stereocenters. The standard InChI is InChI=1S/C23H24ClNO2.ClH/c1-26-22-11-7-18(8-12-22)13-14-25-16-20-3-2-4-23(15-20)27-17-19-5-9-21(24)10-6-19;/h2-12,15,25H,13-14,16-17H2,1H3;1H. The fraction of sp³-hybridized carbons (Fsp3) is 0.217. The van der Waals surface area contributed by atoms with Gasteiger partial charge in [-0.05, 0) is 66.1 Å². The summed E-state index contributed by atoms with van der Waals surface area (Å²) in [6.45, 7) is 2.27. The fourth-order valence-electron chi connectivity index (χ4n) is 2.75. The molecule has 0 radical (unpaired) electrons. The molecule has 5 heteroatoms. The van der Waals surface area contributed by atoms with Gasteiger partial charge in [0.15, 0.2) is 0 Å². The number of hydrogen-bond acceptors (Lipinski definition) is 3. The summed E-state index contributed by atoms with van der Waals surface area (Å²) in [5.41, 5.74) is 3.60. The molecule has 0 aliphatic heterocycles.